The van der Waals surface area contributed by atoms with Crippen molar-refractivity contribution in [3.05, 3.63) is 12.2 Å². The molecule has 10 nitrogen and oxygen atoms in total. The van der Waals surface area contributed by atoms with Crippen molar-refractivity contribution in [1.82, 2.24) is 0 Å². The summed E-state index contributed by atoms with van der Waals surface area (Å²) in [6.45, 7) is 2.45. The normalized spacial score (nSPS) is 13.6. The number of phosphoric acid groups is 1. The average Bonchev–Trinajstić information content (AvgIpc) is 3.30. The molecule has 0 saturated heterocycles. The molecule has 0 rings (SSSR count). The number of phosphoric ester groups is 1. The van der Waals surface area contributed by atoms with E-state index in [0.717, 1.165) is 38.5 Å². The van der Waals surface area contributed by atoms with Gasteiger partial charge >= 0.3 is 19.8 Å². The van der Waals surface area contributed by atoms with E-state index in [1.807, 2.05) is 0 Å². The number of unbranched alkanes of at least 4 members (excludes halogenated alkanes) is 37. The van der Waals surface area contributed by atoms with Crippen molar-refractivity contribution in [3.63, 3.8) is 0 Å². The van der Waals surface area contributed by atoms with E-state index < -0.39 is 51.8 Å². The Labute approximate surface area is 400 Å². The van der Waals surface area contributed by atoms with Gasteiger partial charge in [0, 0.05) is 12.8 Å². The van der Waals surface area contributed by atoms with Crippen molar-refractivity contribution in [2.24, 2.45) is 0 Å². The summed E-state index contributed by atoms with van der Waals surface area (Å²) in [6, 6.07) is 0. The van der Waals surface area contributed by atoms with Gasteiger partial charge in [0.05, 0.1) is 19.8 Å². The van der Waals surface area contributed by atoms with E-state index in [1.54, 1.807) is 0 Å². The van der Waals surface area contributed by atoms with Crippen LogP contribution in [0.2, 0.25) is 0 Å². The number of carbonyl (C=O) groups is 2. The van der Waals surface area contributed by atoms with Gasteiger partial charge < -0.3 is 24.6 Å². The Kier molecular flexibility index (Phi) is 49.6. The van der Waals surface area contributed by atoms with Crippen LogP contribution in [0.4, 0.5) is 0 Å². The minimum Gasteiger partial charge on any atom is -0.462 e. The second-order valence-corrected chi connectivity index (χ2v) is 20.4. The van der Waals surface area contributed by atoms with Crippen molar-refractivity contribution in [2.45, 2.75) is 296 Å². The lowest BCUT2D eigenvalue weighted by molar-refractivity contribution is -0.161. The van der Waals surface area contributed by atoms with Crippen LogP contribution in [-0.2, 0) is 32.7 Å². The quantitative estimate of drug-likeness (QED) is 0.0233. The van der Waals surface area contributed by atoms with E-state index in [-0.39, 0.29) is 19.4 Å². The van der Waals surface area contributed by atoms with Crippen LogP contribution in [0.15, 0.2) is 12.2 Å². The fraction of sp³-hybridized carbons (Fsp3) is 0.926. The fourth-order valence-electron chi connectivity index (χ4n) is 8.17. The van der Waals surface area contributed by atoms with Gasteiger partial charge in [-0.25, -0.2) is 4.57 Å². The Morgan fingerprint density at radius 1 is 0.446 bits per heavy atom. The third kappa shape index (κ3) is 50.4. The van der Waals surface area contributed by atoms with Gasteiger partial charge in [-0.2, -0.15) is 0 Å². The highest BCUT2D eigenvalue weighted by molar-refractivity contribution is 7.47. The fourth-order valence-corrected chi connectivity index (χ4v) is 8.96. The molecule has 1 unspecified atom stereocenters. The number of carbonyl (C=O) groups excluding carboxylic acids is 2. The summed E-state index contributed by atoms with van der Waals surface area (Å²) in [5, 5.41) is 18.4. The highest BCUT2D eigenvalue weighted by Crippen LogP contribution is 2.43. The Morgan fingerprint density at radius 2 is 0.754 bits per heavy atom. The predicted molar refractivity (Wildman–Crippen MR) is 270 cm³/mol. The van der Waals surface area contributed by atoms with Crippen LogP contribution < -0.4 is 0 Å². The molecule has 0 amide bonds. The molecule has 0 fully saturated rings. The molecule has 0 bridgehead atoms. The molecule has 386 valence electrons. The van der Waals surface area contributed by atoms with E-state index in [1.165, 1.54) is 205 Å². The molecule has 0 saturated carbocycles. The maximum Gasteiger partial charge on any atom is 0.472 e. The van der Waals surface area contributed by atoms with Gasteiger partial charge in [0.25, 0.3) is 0 Å². The molecular formula is C54H105O10P. The lowest BCUT2D eigenvalue weighted by atomic mass is 10.0. The summed E-state index contributed by atoms with van der Waals surface area (Å²) in [4.78, 5) is 35.2. The van der Waals surface area contributed by atoms with Crippen LogP contribution in [0.3, 0.4) is 0 Å². The van der Waals surface area contributed by atoms with Gasteiger partial charge in [0.1, 0.15) is 12.7 Å². The zero-order valence-corrected chi connectivity index (χ0v) is 43.4. The summed E-state index contributed by atoms with van der Waals surface area (Å²) in [5.41, 5.74) is 0. The number of hydrogen-bond donors (Lipinski definition) is 3. The lowest BCUT2D eigenvalue weighted by Gasteiger charge is -2.20. The number of rotatable bonds is 53. The zero-order chi connectivity index (χ0) is 47.6. The maximum absolute atomic E-state index is 12.7. The first-order valence-electron chi connectivity index (χ1n) is 27.6. The zero-order valence-electron chi connectivity index (χ0n) is 42.5. The number of hydrogen-bond acceptors (Lipinski definition) is 9. The first-order valence-corrected chi connectivity index (χ1v) is 29.1. The molecule has 0 radical (unpaired) electrons. The molecular weight excluding hydrogens is 840 g/mol. The van der Waals surface area contributed by atoms with E-state index in [4.69, 9.17) is 23.6 Å². The topological polar surface area (TPSA) is 149 Å². The molecule has 0 spiro atoms. The van der Waals surface area contributed by atoms with Crippen LogP contribution in [0, 0.1) is 0 Å². The largest absolute Gasteiger partial charge is 0.472 e. The first-order chi connectivity index (χ1) is 31.7. The van der Waals surface area contributed by atoms with Gasteiger partial charge in [-0.05, 0) is 38.5 Å². The SMILES string of the molecule is CCCCCCCC/C=C/CCCCCCCCCCCC(=O)OC[C@H](COP(=O)(O)OC[C@@H](O)CO)OC(=O)CCCCCCCCCCCCCCCCCCCCCCCCC. The van der Waals surface area contributed by atoms with Crippen LogP contribution >= 0.6 is 7.82 Å². The van der Waals surface area contributed by atoms with Crippen LogP contribution in [0.5, 0.6) is 0 Å². The number of aliphatic hydroxyl groups is 2. The minimum atomic E-state index is -4.62. The van der Waals surface area contributed by atoms with E-state index in [0.29, 0.717) is 12.8 Å². The number of ether oxygens (including phenoxy) is 2. The first kappa shape index (κ1) is 63.7. The Bertz CT molecular complexity index is 1090. The van der Waals surface area contributed by atoms with Gasteiger partial charge in [0.2, 0.25) is 0 Å². The summed E-state index contributed by atoms with van der Waals surface area (Å²) < 4.78 is 32.9. The molecule has 11 heteroatoms. The molecule has 0 aliphatic rings. The van der Waals surface area contributed by atoms with Gasteiger partial charge in [-0.15, -0.1) is 0 Å². The summed E-state index contributed by atoms with van der Waals surface area (Å²) in [6.07, 6.45) is 53.3. The minimum absolute atomic E-state index is 0.191. The molecule has 0 aromatic rings. The van der Waals surface area contributed by atoms with Crippen molar-refractivity contribution in [2.75, 3.05) is 26.4 Å². The van der Waals surface area contributed by atoms with Crippen LogP contribution in [-0.4, -0.2) is 65.7 Å². The second-order valence-electron chi connectivity index (χ2n) is 19.0. The third-order valence-electron chi connectivity index (χ3n) is 12.4. The van der Waals surface area contributed by atoms with Crippen LogP contribution in [0.1, 0.15) is 284 Å². The Morgan fingerprint density at radius 3 is 1.11 bits per heavy atom. The lowest BCUT2D eigenvalue weighted by Crippen LogP contribution is -2.29. The third-order valence-corrected chi connectivity index (χ3v) is 13.4. The monoisotopic (exact) mass is 945 g/mol. The second kappa shape index (κ2) is 50.6. The maximum atomic E-state index is 12.7. The number of aliphatic hydroxyl groups excluding tert-OH is 2. The predicted octanol–water partition coefficient (Wildman–Crippen LogP) is 15.9. The standard InChI is InChI=1S/C54H105O10P/c1-3-5-7-9-11-13-15-17-19-21-23-24-25-26-28-30-32-34-36-38-40-42-44-46-54(58)64-52(50-63-65(59,60)62-48-51(56)47-55)49-61-53(57)45-43-41-39-37-35-33-31-29-27-22-20-18-16-14-12-10-8-6-4-2/h18,20,51-52,55-56H,3-17,19,21-50H2,1-2H3,(H,59,60)/b20-18+/t51-,52+/m0/s1. The Balaban J connectivity index is 4.09. The number of allylic oxidation sites excluding steroid dienone is 2. The van der Waals surface area contributed by atoms with Crippen molar-refractivity contribution in [3.8, 4) is 0 Å². The molecule has 0 heterocycles. The molecule has 0 aromatic carbocycles. The van der Waals surface area contributed by atoms with E-state index in [2.05, 4.69) is 26.0 Å². The molecule has 65 heavy (non-hydrogen) atoms. The molecule has 3 atom stereocenters. The van der Waals surface area contributed by atoms with Gasteiger partial charge in [-0.3, -0.25) is 18.6 Å². The Hall–Kier alpha value is -1.29. The summed E-state index contributed by atoms with van der Waals surface area (Å²) in [5.74, 6) is -0.908. The van der Waals surface area contributed by atoms with Gasteiger partial charge in [-0.1, -0.05) is 244 Å². The van der Waals surface area contributed by atoms with Crippen molar-refractivity contribution >= 4 is 19.8 Å². The summed E-state index contributed by atoms with van der Waals surface area (Å²) in [7, 11) is -4.62. The van der Waals surface area contributed by atoms with E-state index in [9.17, 15) is 24.2 Å². The van der Waals surface area contributed by atoms with Crippen LogP contribution in [0.25, 0.3) is 0 Å². The average molecular weight is 945 g/mol. The van der Waals surface area contributed by atoms with Crippen molar-refractivity contribution < 1.29 is 47.8 Å². The van der Waals surface area contributed by atoms with E-state index >= 15 is 0 Å². The summed E-state index contributed by atoms with van der Waals surface area (Å²) >= 11 is 0. The highest BCUT2D eigenvalue weighted by atomic mass is 31.2. The molecule has 0 aliphatic carbocycles. The van der Waals surface area contributed by atoms with Crippen molar-refractivity contribution in [1.29, 1.82) is 0 Å². The molecule has 0 aromatic heterocycles. The smallest absolute Gasteiger partial charge is 0.462 e. The molecule has 3 N–H and O–H groups in total. The highest BCUT2D eigenvalue weighted by Gasteiger charge is 2.27. The number of esters is 2. The molecule has 0 aliphatic heterocycles. The van der Waals surface area contributed by atoms with Gasteiger partial charge in [0.15, 0.2) is 6.10 Å².